The number of nitrogens with zero attached hydrogens (tertiary/aromatic N) is 3. The Hall–Kier alpha value is -2.94. The second-order valence-corrected chi connectivity index (χ2v) is 4.12. The van der Waals surface area contributed by atoms with Crippen molar-refractivity contribution in [2.45, 2.75) is 13.5 Å². The minimum Gasteiger partial charge on any atom is -0.488 e. The molecule has 0 atom stereocenters. The number of rotatable bonds is 4. The Kier molecular flexibility index (Phi) is 3.91. The largest absolute Gasteiger partial charge is 0.488 e. The van der Waals surface area contributed by atoms with Gasteiger partial charge in [0.15, 0.2) is 0 Å². The predicted molar refractivity (Wildman–Crippen MR) is 71.1 cm³/mol. The lowest BCUT2D eigenvalue weighted by molar-refractivity contribution is -0.385. The van der Waals surface area contributed by atoms with Gasteiger partial charge in [-0.1, -0.05) is 6.07 Å². The zero-order valence-corrected chi connectivity index (χ0v) is 10.7. The summed E-state index contributed by atoms with van der Waals surface area (Å²) >= 11 is 0. The predicted octanol–water partition coefficient (Wildman–Crippen LogP) is 2.75. The van der Waals surface area contributed by atoms with Crippen molar-refractivity contribution in [2.24, 2.45) is 0 Å². The molecule has 100 valence electrons. The molecule has 1 aromatic heterocycles. The summed E-state index contributed by atoms with van der Waals surface area (Å²) in [7, 11) is 0. The summed E-state index contributed by atoms with van der Waals surface area (Å²) in [6.07, 6.45) is 1.53. The number of aromatic nitrogens is 1. The summed E-state index contributed by atoms with van der Waals surface area (Å²) in [4.78, 5) is 14.2. The molecule has 20 heavy (non-hydrogen) atoms. The van der Waals surface area contributed by atoms with E-state index in [1.807, 2.05) is 6.07 Å². The van der Waals surface area contributed by atoms with Crippen LogP contribution in [0.1, 0.15) is 16.8 Å². The molecule has 1 heterocycles. The van der Waals surface area contributed by atoms with Crippen LogP contribution < -0.4 is 4.74 Å². The van der Waals surface area contributed by atoms with E-state index in [-0.39, 0.29) is 18.0 Å². The fourth-order valence-electron chi connectivity index (χ4n) is 1.67. The third kappa shape index (κ3) is 2.90. The van der Waals surface area contributed by atoms with Gasteiger partial charge in [0.2, 0.25) is 0 Å². The number of ether oxygens (including phenoxy) is 1. The Morgan fingerprint density at radius 1 is 1.45 bits per heavy atom. The highest BCUT2D eigenvalue weighted by atomic mass is 16.6. The molecule has 2 rings (SSSR count). The maximum Gasteiger partial charge on any atom is 0.273 e. The summed E-state index contributed by atoms with van der Waals surface area (Å²) < 4.78 is 5.56. The number of benzene rings is 1. The number of hydrogen-bond donors (Lipinski definition) is 0. The molecule has 0 unspecified atom stereocenters. The minimum absolute atomic E-state index is 0.0303. The van der Waals surface area contributed by atoms with E-state index in [4.69, 9.17) is 10.00 Å². The number of non-ortho nitro benzene ring substituents is 1. The van der Waals surface area contributed by atoms with Gasteiger partial charge < -0.3 is 4.74 Å². The van der Waals surface area contributed by atoms with E-state index in [1.165, 1.54) is 18.3 Å². The van der Waals surface area contributed by atoms with Gasteiger partial charge in [-0.2, -0.15) is 5.26 Å². The number of nitriles is 1. The zero-order valence-electron chi connectivity index (χ0n) is 10.7. The van der Waals surface area contributed by atoms with E-state index in [0.717, 1.165) is 5.56 Å². The fraction of sp³-hybridized carbons (Fsp3) is 0.143. The number of aryl methyl sites for hydroxylation is 1. The van der Waals surface area contributed by atoms with E-state index in [1.54, 1.807) is 25.1 Å². The first-order valence-corrected chi connectivity index (χ1v) is 5.83. The molecule has 0 radical (unpaired) electrons. The maximum atomic E-state index is 10.7. The van der Waals surface area contributed by atoms with Crippen molar-refractivity contribution in [3.05, 3.63) is 63.5 Å². The zero-order chi connectivity index (χ0) is 14.5. The molecule has 0 saturated heterocycles. The van der Waals surface area contributed by atoms with E-state index < -0.39 is 4.92 Å². The van der Waals surface area contributed by atoms with Crippen molar-refractivity contribution in [1.29, 1.82) is 5.26 Å². The minimum atomic E-state index is -0.475. The van der Waals surface area contributed by atoms with E-state index in [9.17, 15) is 10.1 Å². The van der Waals surface area contributed by atoms with Gasteiger partial charge in [0.05, 0.1) is 11.0 Å². The molecule has 0 aliphatic heterocycles. The van der Waals surface area contributed by atoms with Crippen LogP contribution in [0.15, 0.2) is 36.5 Å². The lowest BCUT2D eigenvalue weighted by atomic mass is 10.2. The first-order valence-electron chi connectivity index (χ1n) is 5.83. The molecule has 0 bridgehead atoms. The lowest BCUT2D eigenvalue weighted by Gasteiger charge is -2.09. The summed E-state index contributed by atoms with van der Waals surface area (Å²) in [5, 5.41) is 19.7. The summed E-state index contributed by atoms with van der Waals surface area (Å²) in [5.41, 5.74) is 1.69. The standard InChI is InChI=1S/C14H11N3O3/c1-10-4-5-12(17(18)19)7-14(10)20-9-11-3-2-6-16-13(11)8-15/h2-7H,9H2,1H3. The molecule has 0 amide bonds. The van der Waals surface area contributed by atoms with Crippen LogP contribution in [-0.4, -0.2) is 9.91 Å². The van der Waals surface area contributed by atoms with Crippen molar-refractivity contribution in [3.8, 4) is 11.8 Å². The van der Waals surface area contributed by atoms with E-state index in [0.29, 0.717) is 11.3 Å². The van der Waals surface area contributed by atoms with Crippen LogP contribution in [0.4, 0.5) is 5.69 Å². The Bertz CT molecular complexity index is 692. The van der Waals surface area contributed by atoms with Crippen molar-refractivity contribution < 1.29 is 9.66 Å². The molecule has 1 aromatic carbocycles. The van der Waals surface area contributed by atoms with Crippen LogP contribution in [0.2, 0.25) is 0 Å². The number of nitro groups is 1. The molecule has 6 nitrogen and oxygen atoms in total. The van der Waals surface area contributed by atoms with Crippen molar-refractivity contribution in [1.82, 2.24) is 4.98 Å². The van der Waals surface area contributed by atoms with Crippen molar-refractivity contribution >= 4 is 5.69 Å². The maximum absolute atomic E-state index is 10.7. The second kappa shape index (κ2) is 5.80. The van der Waals surface area contributed by atoms with Gasteiger partial charge in [-0.05, 0) is 24.6 Å². The number of hydrogen-bond acceptors (Lipinski definition) is 5. The van der Waals surface area contributed by atoms with Gasteiger partial charge in [-0.25, -0.2) is 4.98 Å². The van der Waals surface area contributed by atoms with Gasteiger partial charge in [-0.15, -0.1) is 0 Å². The third-order valence-electron chi connectivity index (χ3n) is 2.76. The first kappa shape index (κ1) is 13.5. The van der Waals surface area contributed by atoms with E-state index >= 15 is 0 Å². The Balaban J connectivity index is 2.21. The topological polar surface area (TPSA) is 89.1 Å². The molecule has 0 saturated carbocycles. The Morgan fingerprint density at radius 2 is 2.25 bits per heavy atom. The molecular formula is C14H11N3O3. The van der Waals surface area contributed by atoms with Gasteiger partial charge in [-0.3, -0.25) is 10.1 Å². The Morgan fingerprint density at radius 3 is 2.95 bits per heavy atom. The van der Waals surface area contributed by atoms with E-state index in [2.05, 4.69) is 4.98 Å². The third-order valence-corrected chi connectivity index (χ3v) is 2.76. The Labute approximate surface area is 115 Å². The molecule has 2 aromatic rings. The average molecular weight is 269 g/mol. The number of nitro benzene ring substituents is 1. The normalized spacial score (nSPS) is 9.80. The SMILES string of the molecule is Cc1ccc([N+](=O)[O-])cc1OCc1cccnc1C#N. The summed E-state index contributed by atoms with van der Waals surface area (Å²) in [6.45, 7) is 1.94. The summed E-state index contributed by atoms with van der Waals surface area (Å²) in [6, 6.07) is 9.84. The second-order valence-electron chi connectivity index (χ2n) is 4.12. The monoisotopic (exact) mass is 269 g/mol. The quantitative estimate of drug-likeness (QED) is 0.628. The fourth-order valence-corrected chi connectivity index (χ4v) is 1.67. The molecule has 0 spiro atoms. The first-order chi connectivity index (χ1) is 9.61. The van der Waals surface area contributed by atoms with Crippen LogP contribution in [0, 0.1) is 28.4 Å². The number of pyridine rings is 1. The molecule has 0 aliphatic carbocycles. The molecule has 0 fully saturated rings. The van der Waals surface area contributed by atoms with Crippen LogP contribution >= 0.6 is 0 Å². The van der Waals surface area contributed by atoms with Crippen LogP contribution in [0.25, 0.3) is 0 Å². The van der Waals surface area contributed by atoms with Gasteiger partial charge in [0.1, 0.15) is 24.1 Å². The molecule has 0 aliphatic rings. The summed E-state index contributed by atoms with van der Waals surface area (Å²) in [5.74, 6) is 0.423. The van der Waals surface area contributed by atoms with Crippen LogP contribution in [0.3, 0.4) is 0 Å². The lowest BCUT2D eigenvalue weighted by Crippen LogP contribution is -2.01. The molecular weight excluding hydrogens is 258 g/mol. The average Bonchev–Trinajstić information content (AvgIpc) is 2.46. The molecule has 0 N–H and O–H groups in total. The van der Waals surface area contributed by atoms with Crippen molar-refractivity contribution in [2.75, 3.05) is 0 Å². The molecule has 6 heteroatoms. The van der Waals surface area contributed by atoms with Gasteiger partial charge >= 0.3 is 0 Å². The highest BCUT2D eigenvalue weighted by Gasteiger charge is 2.10. The highest BCUT2D eigenvalue weighted by molar-refractivity contribution is 5.44. The van der Waals surface area contributed by atoms with Crippen LogP contribution in [0.5, 0.6) is 5.75 Å². The van der Waals surface area contributed by atoms with Crippen LogP contribution in [-0.2, 0) is 6.61 Å². The van der Waals surface area contributed by atoms with Gasteiger partial charge in [0, 0.05) is 17.8 Å². The smallest absolute Gasteiger partial charge is 0.273 e. The van der Waals surface area contributed by atoms with Gasteiger partial charge in [0.25, 0.3) is 5.69 Å². The highest BCUT2D eigenvalue weighted by Crippen LogP contribution is 2.25. The van der Waals surface area contributed by atoms with Crippen molar-refractivity contribution in [3.63, 3.8) is 0 Å².